The summed E-state index contributed by atoms with van der Waals surface area (Å²) in [6.07, 6.45) is 5.39. The number of aliphatic hydroxyl groups is 1. The van der Waals surface area contributed by atoms with E-state index in [0.29, 0.717) is 51.4 Å². The molecule has 1 saturated carbocycles. The van der Waals surface area contributed by atoms with Gasteiger partial charge in [0.2, 0.25) is 23.6 Å². The fraction of sp³-hybridized carbons (Fsp3) is 0.577. The van der Waals surface area contributed by atoms with Crippen molar-refractivity contribution in [1.29, 1.82) is 5.26 Å². The van der Waals surface area contributed by atoms with E-state index in [1.54, 1.807) is 17.7 Å². The maximum absolute atomic E-state index is 13.9. The van der Waals surface area contributed by atoms with Crippen molar-refractivity contribution in [2.75, 3.05) is 90.9 Å². The number of anilines is 1. The molecule has 4 heterocycles. The van der Waals surface area contributed by atoms with Gasteiger partial charge in [-0.05, 0) is 66.8 Å². The van der Waals surface area contributed by atoms with Gasteiger partial charge in [-0.15, -0.1) is 11.3 Å². The van der Waals surface area contributed by atoms with Crippen molar-refractivity contribution in [2.24, 2.45) is 5.41 Å². The number of nitrogens with zero attached hydrogens (tertiary/aromatic N) is 7. The summed E-state index contributed by atoms with van der Waals surface area (Å²) < 4.78 is 22.3. The number of piperazine rings is 1. The van der Waals surface area contributed by atoms with Gasteiger partial charge in [0.1, 0.15) is 37.4 Å². The van der Waals surface area contributed by atoms with Gasteiger partial charge < -0.3 is 49.8 Å². The van der Waals surface area contributed by atoms with E-state index in [-0.39, 0.29) is 64.4 Å². The zero-order chi connectivity index (χ0) is 51.0. The fourth-order valence-electron chi connectivity index (χ4n) is 9.49. The summed E-state index contributed by atoms with van der Waals surface area (Å²) in [7, 11) is 0. The molecule has 0 unspecified atom stereocenters. The molecule has 0 bridgehead atoms. The molecule has 4 aromatic rings. The third-order valence-corrected chi connectivity index (χ3v) is 14.5. The number of carbonyl (C=O) groups is 4. The average molecular weight is 1010 g/mol. The van der Waals surface area contributed by atoms with Crippen LogP contribution in [0.4, 0.5) is 5.82 Å². The number of β-amino-alcohol motifs (C(OH)–C–C–N with tert-alkyl or cyclic N) is 1. The fourth-order valence-corrected chi connectivity index (χ4v) is 10.3. The number of thiazole rings is 1. The van der Waals surface area contributed by atoms with Crippen LogP contribution in [0.3, 0.4) is 0 Å². The molecule has 0 radical (unpaired) electrons. The normalized spacial score (nSPS) is 20.0. The first-order valence-corrected chi connectivity index (χ1v) is 25.9. The first-order valence-electron chi connectivity index (χ1n) is 25.0. The Morgan fingerprint density at radius 1 is 0.861 bits per heavy atom. The van der Waals surface area contributed by atoms with Crippen LogP contribution in [0.2, 0.25) is 0 Å². The lowest BCUT2D eigenvalue weighted by atomic mass is 9.85. The number of nitriles is 1. The average Bonchev–Trinajstić information content (AvgIpc) is 4.00. The van der Waals surface area contributed by atoms with Crippen LogP contribution in [-0.2, 0) is 51.1 Å². The van der Waals surface area contributed by atoms with Crippen molar-refractivity contribution in [1.82, 2.24) is 40.3 Å². The molecule has 2 aromatic carbocycles. The topological polar surface area (TPSA) is 234 Å². The van der Waals surface area contributed by atoms with Gasteiger partial charge in [0.25, 0.3) is 0 Å². The van der Waals surface area contributed by atoms with Crippen molar-refractivity contribution in [2.45, 2.75) is 103 Å². The highest BCUT2D eigenvalue weighted by Crippen LogP contribution is 2.30. The number of aryl methyl sites for hydroxylation is 1. The SMILES string of the molecule is Cc1ncsc1-c1ccc(CNC(=O)[C@@H]2C[C@@H](O)CN2C(=O)[C@@H](NC(=O)COCCOCCOCCOCC(=O)N2CCN(C3CCC(Nc4ncnc5cc(CC#N)ccc45)CC3)CC2)C(C)(C)C)cc1. The van der Waals surface area contributed by atoms with Crippen LogP contribution < -0.4 is 16.0 Å². The van der Waals surface area contributed by atoms with Crippen molar-refractivity contribution < 1.29 is 43.2 Å². The number of hydrogen-bond acceptors (Lipinski definition) is 16. The number of likely N-dealkylation sites (tertiary alicyclic amines) is 1. The molecule has 4 N–H and O–H groups in total. The number of hydrogen-bond donors (Lipinski definition) is 4. The smallest absolute Gasteiger partial charge is 0.248 e. The van der Waals surface area contributed by atoms with Gasteiger partial charge in [-0.2, -0.15) is 5.26 Å². The molecular formula is C52H70N10O9S. The van der Waals surface area contributed by atoms with Crippen LogP contribution in [0.5, 0.6) is 0 Å². The standard InChI is InChI=1S/C52H70N10O9S/c1-35-47(72-34-57-35)38-8-5-37(6-9-38)29-54-50(66)44-28-41(63)30-62(44)51(67)48(52(2,3)4)59-45(64)31-70-25-23-68-21-22-69-24-26-71-32-46(65)61-19-17-60(18-20-61)40-12-10-39(11-13-40)58-49-42-14-7-36(15-16-53)27-43(42)55-33-56-49/h5-9,14,27,33-34,39-41,44,48,63H,10-13,15,17-26,28-32H2,1-4H3,(H,54,66)(H,59,64)(H,55,56,58)/t39?,40?,41-,44+,48-/m1/s1. The van der Waals surface area contributed by atoms with Crippen molar-refractivity contribution in [3.8, 4) is 16.5 Å². The van der Waals surface area contributed by atoms with E-state index in [1.165, 1.54) is 4.90 Å². The number of fused-ring (bicyclic) bond motifs is 1. The number of amides is 4. The van der Waals surface area contributed by atoms with Crippen LogP contribution in [-0.4, -0.2) is 174 Å². The van der Waals surface area contributed by atoms with Crippen LogP contribution in [0.25, 0.3) is 21.3 Å². The van der Waals surface area contributed by atoms with E-state index in [4.69, 9.17) is 24.2 Å². The number of aliphatic hydroxyl groups excluding tert-OH is 1. The molecule has 3 atom stereocenters. The second-order valence-corrected chi connectivity index (χ2v) is 20.6. The van der Waals surface area contributed by atoms with E-state index >= 15 is 0 Å². The van der Waals surface area contributed by atoms with E-state index in [1.807, 2.05) is 80.6 Å². The first-order chi connectivity index (χ1) is 34.8. The summed E-state index contributed by atoms with van der Waals surface area (Å²) >= 11 is 1.57. The quantitative estimate of drug-likeness (QED) is 0.0773. The number of nitrogens with one attached hydrogen (secondary N) is 3. The molecular weight excluding hydrogens is 941 g/mol. The Hall–Kier alpha value is -5.66. The highest BCUT2D eigenvalue weighted by Gasteiger charge is 2.44. The molecule has 19 nitrogen and oxygen atoms in total. The Kier molecular flexibility index (Phi) is 19.8. The second kappa shape index (κ2) is 26.3. The zero-order valence-corrected chi connectivity index (χ0v) is 42.8. The van der Waals surface area contributed by atoms with E-state index in [2.05, 4.69) is 41.9 Å². The van der Waals surface area contributed by atoms with Crippen molar-refractivity contribution >= 4 is 51.7 Å². The molecule has 0 spiro atoms. The third-order valence-electron chi connectivity index (χ3n) is 13.5. The first kappa shape index (κ1) is 54.1. The molecule has 72 heavy (non-hydrogen) atoms. The lowest BCUT2D eigenvalue weighted by molar-refractivity contribution is -0.144. The van der Waals surface area contributed by atoms with Gasteiger partial charge in [0.15, 0.2) is 0 Å². The highest BCUT2D eigenvalue weighted by molar-refractivity contribution is 7.13. The molecule has 2 saturated heterocycles. The van der Waals surface area contributed by atoms with Crippen molar-refractivity contribution in [3.63, 3.8) is 0 Å². The largest absolute Gasteiger partial charge is 0.391 e. The summed E-state index contributed by atoms with van der Waals surface area (Å²) in [4.78, 5) is 73.3. The van der Waals surface area contributed by atoms with Crippen LogP contribution in [0, 0.1) is 23.7 Å². The highest BCUT2D eigenvalue weighted by atomic mass is 32.1. The molecule has 20 heteroatoms. The number of rotatable bonds is 23. The molecule has 3 fully saturated rings. The second-order valence-electron chi connectivity index (χ2n) is 19.7. The summed E-state index contributed by atoms with van der Waals surface area (Å²) in [5.41, 5.74) is 5.79. The lowest BCUT2D eigenvalue weighted by Crippen LogP contribution is -2.58. The van der Waals surface area contributed by atoms with Gasteiger partial charge in [0.05, 0.1) is 79.8 Å². The maximum Gasteiger partial charge on any atom is 0.248 e. The Morgan fingerprint density at radius 3 is 2.18 bits per heavy atom. The number of aromatic nitrogens is 3. The predicted octanol–water partition coefficient (Wildman–Crippen LogP) is 3.87. The molecule has 2 aromatic heterocycles. The van der Waals surface area contributed by atoms with Gasteiger partial charge in [-0.1, -0.05) is 51.1 Å². The number of benzene rings is 2. The van der Waals surface area contributed by atoms with Gasteiger partial charge in [-0.3, -0.25) is 24.1 Å². The van der Waals surface area contributed by atoms with Crippen LogP contribution >= 0.6 is 11.3 Å². The van der Waals surface area contributed by atoms with Gasteiger partial charge >= 0.3 is 0 Å². The Balaban J connectivity index is 0.700. The summed E-state index contributed by atoms with van der Waals surface area (Å²) in [6.45, 7) is 12.0. The number of carbonyl (C=O) groups excluding carboxylic acids is 4. The predicted molar refractivity (Wildman–Crippen MR) is 272 cm³/mol. The monoisotopic (exact) mass is 1010 g/mol. The van der Waals surface area contributed by atoms with E-state index < -0.39 is 35.4 Å². The molecule has 7 rings (SSSR count). The Morgan fingerprint density at radius 2 is 1.53 bits per heavy atom. The molecule has 2 aliphatic heterocycles. The molecule has 3 aliphatic rings. The Bertz CT molecular complexity index is 2460. The van der Waals surface area contributed by atoms with Crippen molar-refractivity contribution in [3.05, 3.63) is 71.1 Å². The Labute approximate surface area is 425 Å². The van der Waals surface area contributed by atoms with Gasteiger partial charge in [-0.25, -0.2) is 15.0 Å². The van der Waals surface area contributed by atoms with Crippen LogP contribution in [0.15, 0.2) is 54.3 Å². The molecule has 1 aliphatic carbocycles. The third kappa shape index (κ3) is 15.2. The summed E-state index contributed by atoms with van der Waals surface area (Å²) in [5, 5.41) is 29.9. The maximum atomic E-state index is 13.9. The molecule has 4 amide bonds. The number of ether oxygens (including phenoxy) is 4. The van der Waals surface area contributed by atoms with Crippen LogP contribution in [0.1, 0.15) is 69.7 Å². The van der Waals surface area contributed by atoms with E-state index in [0.717, 1.165) is 82.8 Å². The lowest BCUT2D eigenvalue weighted by Gasteiger charge is -2.42. The zero-order valence-electron chi connectivity index (χ0n) is 42.0. The minimum Gasteiger partial charge on any atom is -0.391 e. The van der Waals surface area contributed by atoms with Gasteiger partial charge in [0, 0.05) is 63.2 Å². The molecule has 388 valence electrons. The summed E-state index contributed by atoms with van der Waals surface area (Å²) in [6, 6.07) is 14.9. The minimum atomic E-state index is -0.971. The summed E-state index contributed by atoms with van der Waals surface area (Å²) in [5.74, 6) is -0.497. The minimum absolute atomic E-state index is 0.00814. The van der Waals surface area contributed by atoms with E-state index in [9.17, 15) is 24.3 Å².